The Kier molecular flexibility index (Phi) is 7.86. The third-order valence-electron chi connectivity index (χ3n) is 4.14. The largest absolute Gasteiger partial charge is 0.493 e. The number of methoxy groups -OCH3 is 1. The molecule has 1 amide bonds. The van der Waals surface area contributed by atoms with Gasteiger partial charge in [-0.15, -0.1) is 0 Å². The molecule has 2 rings (SSSR count). The molecule has 0 aliphatic rings. The zero-order chi connectivity index (χ0) is 19.6. The van der Waals surface area contributed by atoms with Crippen molar-refractivity contribution in [3.63, 3.8) is 0 Å². The predicted molar refractivity (Wildman–Crippen MR) is 107 cm³/mol. The van der Waals surface area contributed by atoms with Crippen LogP contribution in [0, 0.1) is 0 Å². The lowest BCUT2D eigenvalue weighted by molar-refractivity contribution is -0.116. The van der Waals surface area contributed by atoms with Gasteiger partial charge in [-0.3, -0.25) is 9.59 Å². The number of rotatable bonds is 10. The van der Waals surface area contributed by atoms with Crippen LogP contribution < -0.4 is 14.8 Å². The summed E-state index contributed by atoms with van der Waals surface area (Å²) in [6, 6.07) is 12.8. The molecule has 0 aliphatic heterocycles. The Morgan fingerprint density at radius 3 is 2.33 bits per heavy atom. The third kappa shape index (κ3) is 6.13. The minimum atomic E-state index is -0.211. The normalized spacial score (nSPS) is 10.3. The first kappa shape index (κ1) is 20.5. The van der Waals surface area contributed by atoms with Crippen molar-refractivity contribution in [1.29, 1.82) is 0 Å². The molecule has 0 aromatic heterocycles. The van der Waals surface area contributed by atoms with Crippen molar-refractivity contribution < 1.29 is 19.1 Å². The molecule has 144 valence electrons. The molecule has 1 N–H and O–H groups in total. The number of ketones is 1. The van der Waals surface area contributed by atoms with Crippen LogP contribution in [0.1, 0.15) is 49.0 Å². The number of carbonyl (C=O) groups is 2. The number of nitrogens with one attached hydrogen (secondary N) is 1. The molecule has 0 aliphatic carbocycles. The Bertz CT molecular complexity index is 768. The van der Waals surface area contributed by atoms with Gasteiger partial charge in [-0.2, -0.15) is 0 Å². The molecule has 5 heteroatoms. The predicted octanol–water partition coefficient (Wildman–Crippen LogP) is 4.65. The number of amides is 1. The van der Waals surface area contributed by atoms with Crippen LogP contribution in [-0.4, -0.2) is 25.4 Å². The molecule has 0 atom stereocenters. The van der Waals surface area contributed by atoms with E-state index in [0.717, 1.165) is 12.8 Å². The number of hydrogen-bond donors (Lipinski definition) is 1. The number of carbonyl (C=O) groups excluding carboxylic acids is 2. The molecule has 0 bridgehead atoms. The maximum absolute atomic E-state index is 12.3. The highest BCUT2D eigenvalue weighted by Crippen LogP contribution is 2.30. The highest BCUT2D eigenvalue weighted by atomic mass is 16.5. The van der Waals surface area contributed by atoms with E-state index in [1.54, 1.807) is 25.3 Å². The molecule has 0 radical (unpaired) electrons. The summed E-state index contributed by atoms with van der Waals surface area (Å²) in [5.41, 5.74) is 2.47. The Hall–Kier alpha value is -2.82. The molecule has 0 fully saturated rings. The fourth-order valence-electron chi connectivity index (χ4n) is 2.76. The highest BCUT2D eigenvalue weighted by Gasteiger charge is 2.11. The lowest BCUT2D eigenvalue weighted by Gasteiger charge is -2.11. The second-order valence-electron chi connectivity index (χ2n) is 6.22. The van der Waals surface area contributed by atoms with Gasteiger partial charge in [-0.05, 0) is 31.0 Å². The second kappa shape index (κ2) is 10.4. The van der Waals surface area contributed by atoms with Crippen LogP contribution in [-0.2, 0) is 11.2 Å². The molecular weight excluding hydrogens is 342 g/mol. The van der Waals surface area contributed by atoms with Gasteiger partial charge in [0.15, 0.2) is 17.3 Å². The van der Waals surface area contributed by atoms with Crippen LogP contribution in [0.3, 0.4) is 0 Å². The van der Waals surface area contributed by atoms with Crippen LogP contribution in [0.15, 0.2) is 42.5 Å². The molecule has 0 unspecified atom stereocenters. The van der Waals surface area contributed by atoms with Crippen molar-refractivity contribution >= 4 is 17.4 Å². The van der Waals surface area contributed by atoms with Gasteiger partial charge >= 0.3 is 0 Å². The zero-order valence-corrected chi connectivity index (χ0v) is 16.2. The molecule has 2 aromatic carbocycles. The number of aryl methyl sites for hydroxylation is 1. The van der Waals surface area contributed by atoms with E-state index in [4.69, 9.17) is 9.47 Å². The maximum atomic E-state index is 12.3. The molecule has 0 spiro atoms. The summed E-state index contributed by atoms with van der Waals surface area (Å²) in [7, 11) is 1.55. The van der Waals surface area contributed by atoms with E-state index in [1.807, 2.05) is 31.2 Å². The van der Waals surface area contributed by atoms with E-state index >= 15 is 0 Å². The Morgan fingerprint density at radius 2 is 1.70 bits per heavy atom. The van der Waals surface area contributed by atoms with Crippen molar-refractivity contribution in [2.24, 2.45) is 0 Å². The fourth-order valence-corrected chi connectivity index (χ4v) is 2.76. The van der Waals surface area contributed by atoms with Crippen LogP contribution >= 0.6 is 0 Å². The summed E-state index contributed by atoms with van der Waals surface area (Å²) in [5, 5.41) is 2.79. The van der Waals surface area contributed by atoms with Gasteiger partial charge in [0.05, 0.1) is 13.7 Å². The molecule has 2 aromatic rings. The quantitative estimate of drug-likeness (QED) is 0.619. The number of hydrogen-bond acceptors (Lipinski definition) is 4. The van der Waals surface area contributed by atoms with Crippen LogP contribution in [0.5, 0.6) is 11.5 Å². The summed E-state index contributed by atoms with van der Waals surface area (Å²) in [6.45, 7) is 4.55. The molecule has 0 saturated carbocycles. The second-order valence-corrected chi connectivity index (χ2v) is 6.22. The number of benzene rings is 2. The van der Waals surface area contributed by atoms with Gasteiger partial charge in [-0.1, -0.05) is 37.6 Å². The van der Waals surface area contributed by atoms with E-state index in [0.29, 0.717) is 29.4 Å². The first-order valence-electron chi connectivity index (χ1n) is 9.30. The average Bonchev–Trinajstić information content (AvgIpc) is 2.68. The van der Waals surface area contributed by atoms with Crippen molar-refractivity contribution in [2.45, 2.75) is 39.5 Å². The molecule has 27 heavy (non-hydrogen) atoms. The van der Waals surface area contributed by atoms with Crippen molar-refractivity contribution in [2.75, 3.05) is 19.0 Å². The van der Waals surface area contributed by atoms with E-state index in [-0.39, 0.29) is 24.5 Å². The minimum Gasteiger partial charge on any atom is -0.493 e. The average molecular weight is 369 g/mol. The first-order valence-corrected chi connectivity index (χ1v) is 9.30. The Balaban J connectivity index is 1.89. The summed E-state index contributed by atoms with van der Waals surface area (Å²) >= 11 is 0. The number of anilines is 1. The van der Waals surface area contributed by atoms with Crippen LogP contribution in [0.25, 0.3) is 0 Å². The molecule has 0 saturated heterocycles. The SMILES string of the molecule is CCCc1ccc(C(=O)CCC(=O)Nc2ccc(OCC)c(OC)c2)cc1. The van der Waals surface area contributed by atoms with Crippen LogP contribution in [0.4, 0.5) is 5.69 Å². The smallest absolute Gasteiger partial charge is 0.224 e. The summed E-state index contributed by atoms with van der Waals surface area (Å²) in [5.74, 6) is 0.937. The van der Waals surface area contributed by atoms with E-state index in [2.05, 4.69) is 12.2 Å². The number of Topliss-reactive ketones (excluding diaryl/α,β-unsaturated/α-hetero) is 1. The van der Waals surface area contributed by atoms with Crippen molar-refractivity contribution in [3.05, 3.63) is 53.6 Å². The summed E-state index contributed by atoms with van der Waals surface area (Å²) in [6.07, 6.45) is 2.38. The van der Waals surface area contributed by atoms with Gasteiger partial charge < -0.3 is 14.8 Å². The zero-order valence-electron chi connectivity index (χ0n) is 16.2. The van der Waals surface area contributed by atoms with Gasteiger partial charge in [-0.25, -0.2) is 0 Å². The topological polar surface area (TPSA) is 64.6 Å². The van der Waals surface area contributed by atoms with Gasteiger partial charge in [0.25, 0.3) is 0 Å². The van der Waals surface area contributed by atoms with E-state index < -0.39 is 0 Å². The standard InChI is InChI=1S/C22H27NO4/c1-4-6-16-7-9-17(10-8-16)19(24)12-14-22(25)23-18-11-13-20(27-5-2)21(15-18)26-3/h7-11,13,15H,4-6,12,14H2,1-3H3,(H,23,25). The molecule has 0 heterocycles. The van der Waals surface area contributed by atoms with Gasteiger partial charge in [0, 0.05) is 30.2 Å². The third-order valence-corrected chi connectivity index (χ3v) is 4.14. The first-order chi connectivity index (χ1) is 13.1. The number of ether oxygens (including phenoxy) is 2. The maximum Gasteiger partial charge on any atom is 0.224 e. The highest BCUT2D eigenvalue weighted by molar-refractivity contribution is 6.00. The Labute approximate surface area is 160 Å². The summed E-state index contributed by atoms with van der Waals surface area (Å²) in [4.78, 5) is 24.4. The van der Waals surface area contributed by atoms with Gasteiger partial charge in [0.2, 0.25) is 5.91 Å². The molecule has 5 nitrogen and oxygen atoms in total. The van der Waals surface area contributed by atoms with E-state index in [1.165, 1.54) is 5.56 Å². The minimum absolute atomic E-state index is 0.0301. The van der Waals surface area contributed by atoms with Gasteiger partial charge in [0.1, 0.15) is 0 Å². The lowest BCUT2D eigenvalue weighted by atomic mass is 10.0. The molecular formula is C22H27NO4. The van der Waals surface area contributed by atoms with Crippen LogP contribution in [0.2, 0.25) is 0 Å². The fraction of sp³-hybridized carbons (Fsp3) is 0.364. The van der Waals surface area contributed by atoms with Crippen molar-refractivity contribution in [3.8, 4) is 11.5 Å². The lowest BCUT2D eigenvalue weighted by Crippen LogP contribution is -2.13. The Morgan fingerprint density at radius 1 is 0.963 bits per heavy atom. The monoisotopic (exact) mass is 369 g/mol. The van der Waals surface area contributed by atoms with Crippen molar-refractivity contribution in [1.82, 2.24) is 0 Å². The summed E-state index contributed by atoms with van der Waals surface area (Å²) < 4.78 is 10.7. The van der Waals surface area contributed by atoms with E-state index in [9.17, 15) is 9.59 Å².